The average molecular weight is 389 g/mol. The second-order valence-electron chi connectivity index (χ2n) is 5.78. The van der Waals surface area contributed by atoms with Gasteiger partial charge in [0.25, 0.3) is 5.91 Å². The summed E-state index contributed by atoms with van der Waals surface area (Å²) in [5.41, 5.74) is 0. The predicted octanol–water partition coefficient (Wildman–Crippen LogP) is 1.81. The van der Waals surface area contributed by atoms with E-state index < -0.39 is 0 Å². The highest BCUT2D eigenvalue weighted by Crippen LogP contribution is 2.36. The van der Waals surface area contributed by atoms with E-state index >= 15 is 0 Å². The van der Waals surface area contributed by atoms with Crippen LogP contribution in [0.25, 0.3) is 0 Å². The van der Waals surface area contributed by atoms with Crippen LogP contribution in [0.3, 0.4) is 0 Å². The Morgan fingerprint density at radius 1 is 1.35 bits per heavy atom. The normalized spacial score (nSPS) is 16.8. The maximum absolute atomic E-state index is 12.6. The Kier molecular flexibility index (Phi) is 4.71. The third-order valence-electron chi connectivity index (χ3n) is 4.11. The zero-order chi connectivity index (χ0) is 17.9. The molecule has 3 aromatic heterocycles. The number of hydrogen-bond acceptors (Lipinski definition) is 8. The fourth-order valence-electron chi connectivity index (χ4n) is 2.95. The SMILES string of the molecule is O=C(Nc1cnns1)c1ccc([C@@H]2CCCN2C(=O)Cn2cncn2)s1. The van der Waals surface area contributed by atoms with Crippen molar-refractivity contribution in [2.24, 2.45) is 0 Å². The van der Waals surface area contributed by atoms with E-state index in [1.807, 2.05) is 11.0 Å². The molecule has 0 bridgehead atoms. The highest BCUT2D eigenvalue weighted by Gasteiger charge is 2.31. The quantitative estimate of drug-likeness (QED) is 0.713. The molecule has 0 unspecified atom stereocenters. The lowest BCUT2D eigenvalue weighted by molar-refractivity contribution is -0.132. The highest BCUT2D eigenvalue weighted by atomic mass is 32.1. The van der Waals surface area contributed by atoms with Gasteiger partial charge in [-0.25, -0.2) is 9.67 Å². The van der Waals surface area contributed by atoms with Crippen LogP contribution in [0.4, 0.5) is 5.00 Å². The molecule has 2 amide bonds. The molecule has 4 rings (SSSR count). The molecule has 0 saturated carbocycles. The molecule has 1 saturated heterocycles. The highest BCUT2D eigenvalue weighted by molar-refractivity contribution is 7.14. The first-order valence-corrected chi connectivity index (χ1v) is 9.60. The minimum atomic E-state index is -0.189. The zero-order valence-corrected chi connectivity index (χ0v) is 15.2. The van der Waals surface area contributed by atoms with Crippen molar-refractivity contribution in [1.82, 2.24) is 29.3 Å². The number of amides is 2. The van der Waals surface area contributed by atoms with E-state index in [0.717, 1.165) is 29.3 Å². The fraction of sp³-hybridized carbons (Fsp3) is 0.333. The van der Waals surface area contributed by atoms with Crippen molar-refractivity contribution in [1.29, 1.82) is 0 Å². The lowest BCUT2D eigenvalue weighted by atomic mass is 10.2. The first kappa shape index (κ1) is 16.8. The molecular weight excluding hydrogens is 374 g/mol. The Morgan fingerprint density at radius 2 is 2.27 bits per heavy atom. The molecule has 0 aromatic carbocycles. The van der Waals surface area contributed by atoms with Gasteiger partial charge in [0.15, 0.2) is 0 Å². The van der Waals surface area contributed by atoms with Crippen LogP contribution in [0.2, 0.25) is 0 Å². The Morgan fingerprint density at radius 3 is 3.04 bits per heavy atom. The molecule has 0 spiro atoms. The van der Waals surface area contributed by atoms with Crippen LogP contribution in [-0.2, 0) is 11.3 Å². The number of anilines is 1. The van der Waals surface area contributed by atoms with Crippen molar-refractivity contribution < 1.29 is 9.59 Å². The fourth-order valence-corrected chi connectivity index (χ4v) is 4.42. The molecule has 26 heavy (non-hydrogen) atoms. The van der Waals surface area contributed by atoms with E-state index in [0.29, 0.717) is 16.4 Å². The van der Waals surface area contributed by atoms with E-state index in [1.165, 1.54) is 34.9 Å². The Bertz CT molecular complexity index is 891. The minimum Gasteiger partial charge on any atom is -0.333 e. The van der Waals surface area contributed by atoms with Crippen LogP contribution < -0.4 is 5.32 Å². The molecular formula is C15H15N7O2S2. The van der Waals surface area contributed by atoms with E-state index in [4.69, 9.17) is 0 Å². The summed E-state index contributed by atoms with van der Waals surface area (Å²) in [6.07, 6.45) is 6.30. The van der Waals surface area contributed by atoms with Crippen molar-refractivity contribution in [2.45, 2.75) is 25.4 Å². The molecule has 1 atom stereocenters. The number of nitrogens with zero attached hydrogens (tertiary/aromatic N) is 6. The second kappa shape index (κ2) is 7.30. The number of thiophene rings is 1. The summed E-state index contributed by atoms with van der Waals surface area (Å²) in [5.74, 6) is -0.182. The maximum Gasteiger partial charge on any atom is 0.266 e. The van der Waals surface area contributed by atoms with Gasteiger partial charge in [0.2, 0.25) is 5.91 Å². The second-order valence-corrected chi connectivity index (χ2v) is 7.68. The van der Waals surface area contributed by atoms with Crippen molar-refractivity contribution >= 4 is 39.7 Å². The van der Waals surface area contributed by atoms with Gasteiger partial charge in [0.05, 0.1) is 17.1 Å². The van der Waals surface area contributed by atoms with Gasteiger partial charge in [-0.1, -0.05) is 4.49 Å². The number of rotatable bonds is 5. The summed E-state index contributed by atoms with van der Waals surface area (Å²) in [4.78, 5) is 32.3. The average Bonchev–Trinajstić information content (AvgIpc) is 3.39. The van der Waals surface area contributed by atoms with E-state index in [2.05, 4.69) is 25.0 Å². The van der Waals surface area contributed by atoms with Crippen LogP contribution >= 0.6 is 22.9 Å². The summed E-state index contributed by atoms with van der Waals surface area (Å²) >= 11 is 2.54. The standard InChI is InChI=1S/C15H15N7O2S2/c23-14(7-21-9-16-8-18-21)22-5-1-2-10(22)11-3-4-12(25-11)15(24)19-13-6-17-20-26-13/h3-4,6,8-10H,1-2,5,7H2,(H,19,24)/t10-/m0/s1. The molecule has 4 heterocycles. The molecule has 3 aromatic rings. The molecule has 0 aliphatic carbocycles. The number of aromatic nitrogens is 5. The predicted molar refractivity (Wildman–Crippen MR) is 95.9 cm³/mol. The molecule has 1 fully saturated rings. The number of likely N-dealkylation sites (tertiary alicyclic amines) is 1. The Hall–Kier alpha value is -2.66. The van der Waals surface area contributed by atoms with E-state index in [-0.39, 0.29) is 24.4 Å². The molecule has 9 nitrogen and oxygen atoms in total. The van der Waals surface area contributed by atoms with Gasteiger partial charge in [0.1, 0.15) is 24.2 Å². The number of hydrogen-bond donors (Lipinski definition) is 1. The minimum absolute atomic E-state index is 0.00245. The van der Waals surface area contributed by atoms with Gasteiger partial charge < -0.3 is 10.2 Å². The van der Waals surface area contributed by atoms with Gasteiger partial charge in [-0.3, -0.25) is 9.59 Å². The number of carbonyl (C=O) groups is 2. The molecule has 11 heteroatoms. The third kappa shape index (κ3) is 3.48. The smallest absolute Gasteiger partial charge is 0.266 e. The largest absolute Gasteiger partial charge is 0.333 e. The van der Waals surface area contributed by atoms with Crippen LogP contribution in [0.15, 0.2) is 31.0 Å². The van der Waals surface area contributed by atoms with Crippen molar-refractivity contribution in [3.8, 4) is 0 Å². The summed E-state index contributed by atoms with van der Waals surface area (Å²) in [6.45, 7) is 0.887. The molecule has 1 aliphatic heterocycles. The first-order chi connectivity index (χ1) is 12.7. The van der Waals surface area contributed by atoms with Gasteiger partial charge in [-0.05, 0) is 25.0 Å². The lowest BCUT2D eigenvalue weighted by Gasteiger charge is -2.23. The van der Waals surface area contributed by atoms with Gasteiger partial charge in [-0.15, -0.1) is 16.4 Å². The first-order valence-electron chi connectivity index (χ1n) is 8.01. The Balaban J connectivity index is 1.45. The number of nitrogens with one attached hydrogen (secondary N) is 1. The third-order valence-corrected chi connectivity index (χ3v) is 5.88. The molecule has 0 radical (unpaired) electrons. The summed E-state index contributed by atoms with van der Waals surface area (Å²) in [7, 11) is 0. The van der Waals surface area contributed by atoms with Crippen LogP contribution in [0.1, 0.15) is 33.4 Å². The molecule has 134 valence electrons. The van der Waals surface area contributed by atoms with Crippen molar-refractivity contribution in [3.05, 3.63) is 40.7 Å². The van der Waals surface area contributed by atoms with Gasteiger partial charge in [-0.2, -0.15) is 5.10 Å². The van der Waals surface area contributed by atoms with Gasteiger partial charge >= 0.3 is 0 Å². The van der Waals surface area contributed by atoms with Gasteiger partial charge in [0, 0.05) is 23.0 Å². The van der Waals surface area contributed by atoms with Crippen LogP contribution in [0, 0.1) is 0 Å². The Labute approximate surface area is 156 Å². The van der Waals surface area contributed by atoms with E-state index in [9.17, 15) is 9.59 Å². The molecule has 1 N–H and O–H groups in total. The summed E-state index contributed by atoms with van der Waals surface area (Å²) < 4.78 is 5.24. The summed E-state index contributed by atoms with van der Waals surface area (Å²) in [6, 6.07) is 3.72. The molecule has 1 aliphatic rings. The topological polar surface area (TPSA) is 106 Å². The van der Waals surface area contributed by atoms with Crippen LogP contribution in [0.5, 0.6) is 0 Å². The zero-order valence-electron chi connectivity index (χ0n) is 13.6. The van der Waals surface area contributed by atoms with Crippen molar-refractivity contribution in [2.75, 3.05) is 11.9 Å². The summed E-state index contributed by atoms with van der Waals surface area (Å²) in [5, 5.41) is 11.1. The monoisotopic (exact) mass is 389 g/mol. The lowest BCUT2D eigenvalue weighted by Crippen LogP contribution is -2.33. The number of carbonyl (C=O) groups excluding carboxylic acids is 2. The van der Waals surface area contributed by atoms with E-state index in [1.54, 1.807) is 6.07 Å². The van der Waals surface area contributed by atoms with Crippen LogP contribution in [-0.4, -0.2) is 47.6 Å². The maximum atomic E-state index is 12.6. The van der Waals surface area contributed by atoms with Crippen molar-refractivity contribution in [3.63, 3.8) is 0 Å².